The van der Waals surface area contributed by atoms with E-state index < -0.39 is 159 Å². The van der Waals surface area contributed by atoms with Crippen LogP contribution in [0.4, 0.5) is 8.78 Å². The highest BCUT2D eigenvalue weighted by Gasteiger charge is 2.60. The highest BCUT2D eigenvalue weighted by molar-refractivity contribution is 5.68. The van der Waals surface area contributed by atoms with Crippen LogP contribution in [-0.4, -0.2) is 147 Å². The molecule has 0 amide bonds. The maximum absolute atomic E-state index is 15.6. The highest BCUT2D eigenvalue weighted by Crippen LogP contribution is 2.44. The van der Waals surface area contributed by atoms with Crippen LogP contribution in [0.3, 0.4) is 0 Å². The van der Waals surface area contributed by atoms with Crippen molar-refractivity contribution in [2.45, 2.75) is 164 Å². The topological polar surface area (TPSA) is 453 Å². The van der Waals surface area contributed by atoms with Crippen LogP contribution in [-0.2, 0) is 66.5 Å². The van der Waals surface area contributed by atoms with E-state index in [1.54, 1.807) is 6.92 Å². The predicted molar refractivity (Wildman–Crippen MR) is 212 cm³/mol. The summed E-state index contributed by atoms with van der Waals surface area (Å²) in [6.45, 7) is 5.10. The number of hydrogen-bond acceptors (Lipinski definition) is 20. The van der Waals surface area contributed by atoms with Crippen molar-refractivity contribution in [3.05, 3.63) is 62.7 Å². The van der Waals surface area contributed by atoms with Gasteiger partial charge >= 0.3 is 23.9 Å². The molecule has 1 aliphatic carbocycles. The molecular weight excluding hydrogens is 910 g/mol. The number of carbonyl (C=O) groups excluding carboxylic acids is 4. The summed E-state index contributed by atoms with van der Waals surface area (Å²) in [5, 5.41) is 21.3. The molecule has 4 fully saturated rings. The van der Waals surface area contributed by atoms with Crippen LogP contribution in [0.2, 0.25) is 0 Å². The first-order valence-corrected chi connectivity index (χ1v) is 20.1. The van der Waals surface area contributed by atoms with Crippen LogP contribution in [0, 0.1) is 5.92 Å². The molecule has 4 rings (SSSR count). The second-order valence-corrected chi connectivity index (χ2v) is 15.0. The van der Waals surface area contributed by atoms with Gasteiger partial charge in [0.15, 0.2) is 37.2 Å². The normalized spacial score (nSPS) is 36.2. The summed E-state index contributed by atoms with van der Waals surface area (Å²) in [6, 6.07) is -6.43. The zero-order valence-electron chi connectivity index (χ0n) is 36.2. The second kappa shape index (κ2) is 24.2. The van der Waals surface area contributed by atoms with Crippen molar-refractivity contribution in [2.24, 2.45) is 36.6 Å². The van der Waals surface area contributed by atoms with E-state index in [2.05, 4.69) is 60.2 Å². The maximum atomic E-state index is 15.6. The van der Waals surface area contributed by atoms with E-state index in [-0.39, 0.29) is 6.42 Å². The van der Waals surface area contributed by atoms with Gasteiger partial charge in [0.1, 0.15) is 36.6 Å². The number of azide groups is 6. The van der Waals surface area contributed by atoms with Gasteiger partial charge < -0.3 is 47.4 Å². The van der Waals surface area contributed by atoms with Crippen LogP contribution in [0.15, 0.2) is 30.7 Å². The van der Waals surface area contributed by atoms with Crippen molar-refractivity contribution in [1.82, 2.24) is 0 Å². The van der Waals surface area contributed by atoms with Crippen LogP contribution >= 0.6 is 0 Å². The molecule has 0 unspecified atom stereocenters. The molecule has 0 aromatic carbocycles. The SMILES string of the molecule is CC[C@H]1O[C@@H](O[C@@H]2[C@@H](OC(C)=O)[C@H](N=[N+]=[N-])C[C@H](N=[N+]=[N-])[C@H]2O[C@H]2O[C@H](CN=[N+]=[N-])C(F)(F)[C@H](C)[C@H]2N=[N+]=[N-])[C@H](OC(C)=O)[C@@H]1O[C@H]1O[C@@H](CN=[N+]=[N-])[C@@H](OC(C)=O)[C@H](OC(C)=O)[C@H]1N=[N+]=[N-]. The fourth-order valence-electron chi connectivity index (χ4n) is 8.04. The van der Waals surface area contributed by atoms with Crippen LogP contribution in [0.5, 0.6) is 0 Å². The molecule has 0 bridgehead atoms. The molecule has 3 heterocycles. The minimum Gasteiger partial charge on any atom is -0.459 e. The lowest BCUT2D eigenvalue weighted by Gasteiger charge is -2.48. The standard InChI is InChI=1S/C33H44F2N18O14/c1-7-18-25(66-31-22(47-53-41)27(60-14(5)56)26(59-13(4)55)19(63-31)9-42-48-36)29(61-15(6)57)32(62-18)67-28-23(58-12(3)54)16(44-50-38)8-17(45-51-39)24(28)65-30-21(46-52-40)11(2)33(34,35)20(64-30)10-43-49-37/h11,16-32H,7-10H2,1-6H3/t11-,16-,17+,18-,19+,20-,21-,22-,23+,24-,25-,26-,27-,28-,29-,30-,31-,32+/m1/s1. The van der Waals surface area contributed by atoms with E-state index in [0.29, 0.717) is 0 Å². The van der Waals surface area contributed by atoms with Crippen LogP contribution in [0.25, 0.3) is 62.7 Å². The van der Waals surface area contributed by atoms with E-state index in [1.807, 2.05) is 0 Å². The lowest BCUT2D eigenvalue weighted by molar-refractivity contribution is -0.324. The number of ether oxygens (including phenoxy) is 10. The predicted octanol–water partition coefficient (Wildman–Crippen LogP) is 5.46. The van der Waals surface area contributed by atoms with Gasteiger partial charge in [0.05, 0.1) is 43.4 Å². The number of alkyl halides is 2. The summed E-state index contributed by atoms with van der Waals surface area (Å²) in [4.78, 5) is 66.4. The monoisotopic (exact) mass is 954 g/mol. The average molecular weight is 955 g/mol. The number of rotatable bonds is 19. The van der Waals surface area contributed by atoms with E-state index >= 15 is 8.78 Å². The Morgan fingerprint density at radius 3 is 1.57 bits per heavy atom. The number of hydrogen-bond donors (Lipinski definition) is 0. The molecule has 3 aliphatic heterocycles. The first kappa shape index (κ1) is 53.0. The molecule has 0 spiro atoms. The summed E-state index contributed by atoms with van der Waals surface area (Å²) in [5.41, 5.74) is 56.3. The number of carbonyl (C=O) groups is 4. The van der Waals surface area contributed by atoms with Gasteiger partial charge in [-0.3, -0.25) is 19.2 Å². The smallest absolute Gasteiger partial charge is 0.303 e. The van der Waals surface area contributed by atoms with Gasteiger partial charge in [0, 0.05) is 63.1 Å². The Kier molecular flexibility index (Phi) is 19.2. The average Bonchev–Trinajstić information content (AvgIpc) is 3.57. The summed E-state index contributed by atoms with van der Waals surface area (Å²) in [6.07, 6.45) is -22.6. The van der Waals surface area contributed by atoms with Crippen molar-refractivity contribution in [2.75, 3.05) is 13.1 Å². The van der Waals surface area contributed by atoms with Gasteiger partial charge in [-0.1, -0.05) is 44.5 Å². The Hall–Kier alpha value is -6.64. The first-order chi connectivity index (χ1) is 31.9. The van der Waals surface area contributed by atoms with Crippen molar-refractivity contribution in [3.63, 3.8) is 0 Å². The second-order valence-electron chi connectivity index (χ2n) is 15.0. The molecule has 0 radical (unpaired) electrons. The number of nitrogens with zero attached hydrogens (tertiary/aromatic N) is 18. The Morgan fingerprint density at radius 2 is 1.01 bits per heavy atom. The largest absolute Gasteiger partial charge is 0.459 e. The van der Waals surface area contributed by atoms with Crippen LogP contribution < -0.4 is 0 Å². The molecule has 67 heavy (non-hydrogen) atoms. The molecule has 0 aromatic rings. The molecule has 0 N–H and O–H groups in total. The molecule has 34 heteroatoms. The molecular formula is C33H44F2N18O14. The van der Waals surface area contributed by atoms with E-state index in [9.17, 15) is 41.3 Å². The Balaban J connectivity index is 1.87. The van der Waals surface area contributed by atoms with Crippen molar-refractivity contribution in [3.8, 4) is 0 Å². The van der Waals surface area contributed by atoms with E-state index in [4.69, 9.17) is 58.4 Å². The highest BCUT2D eigenvalue weighted by atomic mass is 19.3. The minimum atomic E-state index is -3.78. The summed E-state index contributed by atoms with van der Waals surface area (Å²) in [7, 11) is 0. The van der Waals surface area contributed by atoms with Crippen molar-refractivity contribution < 1.29 is 75.3 Å². The molecule has 1 saturated carbocycles. The fraction of sp³-hybridized carbons (Fsp3) is 0.879. The zero-order chi connectivity index (χ0) is 49.6. The number of halogens is 2. The van der Waals surface area contributed by atoms with Crippen molar-refractivity contribution >= 4 is 23.9 Å². The zero-order valence-corrected chi connectivity index (χ0v) is 36.2. The molecule has 364 valence electrons. The van der Waals surface area contributed by atoms with Gasteiger partial charge in [-0.05, 0) is 46.0 Å². The van der Waals surface area contributed by atoms with Gasteiger partial charge in [0.25, 0.3) is 5.92 Å². The van der Waals surface area contributed by atoms with Crippen LogP contribution in [0.1, 0.15) is 54.4 Å². The van der Waals surface area contributed by atoms with Crippen molar-refractivity contribution in [1.29, 1.82) is 0 Å². The summed E-state index contributed by atoms with van der Waals surface area (Å²) >= 11 is 0. The third-order valence-corrected chi connectivity index (χ3v) is 10.8. The Morgan fingerprint density at radius 1 is 0.552 bits per heavy atom. The third-order valence-electron chi connectivity index (χ3n) is 10.8. The Bertz CT molecular complexity index is 2130. The molecule has 4 aliphatic rings. The molecule has 3 saturated heterocycles. The molecule has 0 aromatic heterocycles. The minimum absolute atomic E-state index is 0.00982. The fourth-order valence-corrected chi connectivity index (χ4v) is 8.04. The summed E-state index contributed by atoms with van der Waals surface area (Å²) < 4.78 is 90.2. The molecule has 18 atom stereocenters. The van der Waals surface area contributed by atoms with E-state index in [0.717, 1.165) is 34.6 Å². The number of esters is 4. The third kappa shape index (κ3) is 12.8. The summed E-state index contributed by atoms with van der Waals surface area (Å²) in [5.74, 6) is -9.43. The first-order valence-electron chi connectivity index (χ1n) is 20.1. The lowest BCUT2D eigenvalue weighted by Crippen LogP contribution is -2.64. The van der Waals surface area contributed by atoms with Gasteiger partial charge in [0.2, 0.25) is 0 Å². The van der Waals surface area contributed by atoms with Gasteiger partial charge in [-0.2, -0.15) is 0 Å². The maximum Gasteiger partial charge on any atom is 0.303 e. The Labute approximate surface area is 375 Å². The van der Waals surface area contributed by atoms with Gasteiger partial charge in [-0.15, -0.1) is 0 Å². The van der Waals surface area contributed by atoms with E-state index in [1.165, 1.54) is 0 Å². The van der Waals surface area contributed by atoms with Gasteiger partial charge in [-0.25, -0.2) is 8.78 Å². The molecule has 32 nitrogen and oxygen atoms in total. The quantitative estimate of drug-likeness (QED) is 0.0510. The lowest BCUT2D eigenvalue weighted by atomic mass is 9.83.